The van der Waals surface area contributed by atoms with Crippen LogP contribution in [0.15, 0.2) is 47.9 Å². The zero-order valence-electron chi connectivity index (χ0n) is 14.3. The number of hydrogen-bond donors (Lipinski definition) is 1. The van der Waals surface area contributed by atoms with Crippen LogP contribution in [-0.4, -0.2) is 25.6 Å². The Morgan fingerprint density at radius 3 is 2.75 bits per heavy atom. The number of aromatic nitrogens is 3. The Bertz CT molecular complexity index is 1230. The van der Waals surface area contributed by atoms with E-state index in [-0.39, 0.29) is 17.1 Å². The summed E-state index contributed by atoms with van der Waals surface area (Å²) in [5.74, 6) is -0.999. The number of imidazole rings is 1. The fourth-order valence-electron chi connectivity index (χ4n) is 2.69. The highest BCUT2D eigenvalue weighted by Crippen LogP contribution is 2.39. The van der Waals surface area contributed by atoms with Crippen molar-refractivity contribution < 1.29 is 19.0 Å². The molecule has 0 saturated carbocycles. The standard InChI is InChI=1S/C18H11FN4O4S/c1-23-12(18(24)25)8-21-17(23)15-7-11-16(28-15)14(4-5-20-11)27-13-3-2-9(22-26)6-10(13)19/h2-8H,1H3,(H,24,25). The molecule has 3 aromatic heterocycles. The molecule has 4 rings (SSSR count). The van der Waals surface area contributed by atoms with E-state index in [1.54, 1.807) is 19.2 Å². The predicted molar refractivity (Wildman–Crippen MR) is 101 cm³/mol. The smallest absolute Gasteiger partial charge is 0.354 e. The second kappa shape index (κ2) is 6.82. The minimum absolute atomic E-state index is 0.0350. The van der Waals surface area contributed by atoms with Crippen molar-refractivity contribution >= 4 is 33.2 Å². The molecule has 0 saturated heterocycles. The van der Waals surface area contributed by atoms with Crippen molar-refractivity contribution in [1.29, 1.82) is 0 Å². The van der Waals surface area contributed by atoms with Gasteiger partial charge in [0.15, 0.2) is 17.4 Å². The van der Waals surface area contributed by atoms with Crippen LogP contribution in [0.25, 0.3) is 20.9 Å². The van der Waals surface area contributed by atoms with Gasteiger partial charge in [-0.25, -0.2) is 14.2 Å². The van der Waals surface area contributed by atoms with Crippen LogP contribution in [0.1, 0.15) is 10.5 Å². The largest absolute Gasteiger partial charge is 0.477 e. The normalized spacial score (nSPS) is 10.9. The van der Waals surface area contributed by atoms with Crippen LogP contribution in [0.3, 0.4) is 0 Å². The molecule has 28 heavy (non-hydrogen) atoms. The van der Waals surface area contributed by atoms with E-state index in [1.807, 2.05) is 0 Å². The first-order valence-corrected chi connectivity index (χ1v) is 8.74. The topological polar surface area (TPSA) is 107 Å². The average molecular weight is 398 g/mol. The van der Waals surface area contributed by atoms with Gasteiger partial charge in [0, 0.05) is 25.4 Å². The Morgan fingerprint density at radius 1 is 1.25 bits per heavy atom. The summed E-state index contributed by atoms with van der Waals surface area (Å²) in [7, 11) is 1.61. The third kappa shape index (κ3) is 2.99. The summed E-state index contributed by atoms with van der Waals surface area (Å²) in [4.78, 5) is 30.9. The second-order valence-electron chi connectivity index (χ2n) is 5.77. The Morgan fingerprint density at radius 2 is 2.07 bits per heavy atom. The van der Waals surface area contributed by atoms with E-state index in [4.69, 9.17) is 4.74 Å². The molecule has 0 bridgehead atoms. The summed E-state index contributed by atoms with van der Waals surface area (Å²) in [6, 6.07) is 7.02. The number of ether oxygens (including phenoxy) is 1. The molecule has 3 heterocycles. The minimum atomic E-state index is -1.08. The maximum Gasteiger partial charge on any atom is 0.354 e. The number of thiophene rings is 1. The molecule has 0 aliphatic rings. The van der Waals surface area contributed by atoms with E-state index in [2.05, 4.69) is 15.1 Å². The predicted octanol–water partition coefficient (Wildman–Crippen LogP) is 4.72. The molecule has 1 aromatic carbocycles. The molecule has 140 valence electrons. The van der Waals surface area contributed by atoms with Crippen LogP contribution < -0.4 is 4.74 Å². The number of pyridine rings is 1. The lowest BCUT2D eigenvalue weighted by molar-refractivity contribution is 0.0686. The van der Waals surface area contributed by atoms with E-state index in [0.29, 0.717) is 26.7 Å². The SMILES string of the molecule is Cn1c(C(=O)O)cnc1-c1cc2nccc(Oc3ccc(N=O)cc3F)c2s1. The van der Waals surface area contributed by atoms with Crippen molar-refractivity contribution in [2.75, 3.05) is 0 Å². The highest BCUT2D eigenvalue weighted by atomic mass is 32.1. The van der Waals surface area contributed by atoms with Crippen LogP contribution in [0.5, 0.6) is 11.5 Å². The van der Waals surface area contributed by atoms with Gasteiger partial charge in [-0.05, 0) is 23.4 Å². The van der Waals surface area contributed by atoms with Gasteiger partial charge in [0.2, 0.25) is 0 Å². The number of benzene rings is 1. The quantitative estimate of drug-likeness (QED) is 0.487. The molecule has 0 aliphatic carbocycles. The van der Waals surface area contributed by atoms with E-state index in [0.717, 1.165) is 6.07 Å². The molecule has 8 nitrogen and oxygen atoms in total. The highest BCUT2D eigenvalue weighted by Gasteiger charge is 2.18. The number of carboxylic acid groups (broad SMARTS) is 1. The summed E-state index contributed by atoms with van der Waals surface area (Å²) in [6.07, 6.45) is 2.80. The molecule has 0 unspecified atom stereocenters. The number of hydrogen-bond acceptors (Lipinski definition) is 7. The second-order valence-corrected chi connectivity index (χ2v) is 6.83. The number of aromatic carboxylic acids is 1. The van der Waals surface area contributed by atoms with Crippen LogP contribution >= 0.6 is 11.3 Å². The summed E-state index contributed by atoms with van der Waals surface area (Å²) < 4.78 is 21.9. The Labute approximate surface area is 160 Å². The van der Waals surface area contributed by atoms with Crippen molar-refractivity contribution in [3.8, 4) is 22.2 Å². The Kier molecular flexibility index (Phi) is 4.32. The monoisotopic (exact) mass is 398 g/mol. The fraction of sp³-hybridized carbons (Fsp3) is 0.0556. The molecular weight excluding hydrogens is 387 g/mol. The van der Waals surface area contributed by atoms with Crippen molar-refractivity contribution in [2.24, 2.45) is 12.2 Å². The third-order valence-corrected chi connectivity index (χ3v) is 5.18. The van der Waals surface area contributed by atoms with Crippen molar-refractivity contribution in [3.05, 3.63) is 59.1 Å². The number of carbonyl (C=O) groups is 1. The van der Waals surface area contributed by atoms with Crippen molar-refractivity contribution in [2.45, 2.75) is 0 Å². The lowest BCUT2D eigenvalue weighted by atomic mass is 10.3. The molecular formula is C18H11FN4O4S. The molecule has 0 spiro atoms. The van der Waals surface area contributed by atoms with Crippen molar-refractivity contribution in [3.63, 3.8) is 0 Å². The Hall–Kier alpha value is -3.66. The summed E-state index contributed by atoms with van der Waals surface area (Å²) >= 11 is 1.29. The molecule has 0 fully saturated rings. The van der Waals surface area contributed by atoms with Gasteiger partial charge in [0.05, 0.1) is 21.3 Å². The Balaban J connectivity index is 1.76. The first kappa shape index (κ1) is 17.7. The number of fused-ring (bicyclic) bond motifs is 1. The maximum absolute atomic E-state index is 14.1. The number of halogens is 1. The summed E-state index contributed by atoms with van der Waals surface area (Å²) in [5, 5.41) is 11.9. The number of nitroso groups, excluding NO2 is 1. The average Bonchev–Trinajstić information content (AvgIpc) is 3.27. The van der Waals surface area contributed by atoms with Gasteiger partial charge in [-0.1, -0.05) is 0 Å². The lowest BCUT2D eigenvalue weighted by Gasteiger charge is -2.07. The van der Waals surface area contributed by atoms with E-state index in [1.165, 1.54) is 40.4 Å². The lowest BCUT2D eigenvalue weighted by Crippen LogP contribution is -2.04. The summed E-state index contributed by atoms with van der Waals surface area (Å²) in [5.41, 5.74) is 0.624. The summed E-state index contributed by atoms with van der Waals surface area (Å²) in [6.45, 7) is 0. The number of carboxylic acids is 1. The van der Waals surface area contributed by atoms with Gasteiger partial charge in [-0.3, -0.25) is 4.98 Å². The van der Waals surface area contributed by atoms with Crippen molar-refractivity contribution in [1.82, 2.24) is 14.5 Å². The van der Waals surface area contributed by atoms with E-state index in [9.17, 15) is 19.2 Å². The van der Waals surface area contributed by atoms with Crippen LogP contribution in [0.4, 0.5) is 10.1 Å². The van der Waals surface area contributed by atoms with Gasteiger partial charge >= 0.3 is 5.97 Å². The zero-order chi connectivity index (χ0) is 19.8. The van der Waals surface area contributed by atoms with Gasteiger partial charge in [-0.15, -0.1) is 16.2 Å². The molecule has 1 N–H and O–H groups in total. The number of rotatable bonds is 5. The van der Waals surface area contributed by atoms with Gasteiger partial charge in [0.1, 0.15) is 17.1 Å². The first-order chi connectivity index (χ1) is 13.5. The molecule has 4 aromatic rings. The third-order valence-electron chi connectivity index (χ3n) is 4.04. The minimum Gasteiger partial charge on any atom is -0.477 e. The highest BCUT2D eigenvalue weighted by molar-refractivity contribution is 7.22. The van der Waals surface area contributed by atoms with Gasteiger partial charge in [-0.2, -0.15) is 0 Å². The van der Waals surface area contributed by atoms with Gasteiger partial charge < -0.3 is 14.4 Å². The van der Waals surface area contributed by atoms with Crippen LogP contribution in [-0.2, 0) is 7.05 Å². The number of nitrogens with zero attached hydrogens (tertiary/aromatic N) is 4. The molecule has 0 radical (unpaired) electrons. The van der Waals surface area contributed by atoms with Crippen LogP contribution in [0.2, 0.25) is 0 Å². The molecule has 0 aliphatic heterocycles. The molecule has 10 heteroatoms. The van der Waals surface area contributed by atoms with Crippen LogP contribution in [0, 0.1) is 10.7 Å². The fourth-order valence-corrected chi connectivity index (χ4v) is 3.79. The van der Waals surface area contributed by atoms with E-state index >= 15 is 0 Å². The van der Waals surface area contributed by atoms with Gasteiger partial charge in [0.25, 0.3) is 0 Å². The van der Waals surface area contributed by atoms with E-state index < -0.39 is 11.8 Å². The zero-order valence-corrected chi connectivity index (χ0v) is 15.1. The maximum atomic E-state index is 14.1. The first-order valence-electron chi connectivity index (χ1n) is 7.92. The molecule has 0 atom stereocenters. The molecule has 0 amide bonds.